The van der Waals surface area contributed by atoms with E-state index in [-0.39, 0.29) is 19.7 Å². The summed E-state index contributed by atoms with van der Waals surface area (Å²) in [6.07, 6.45) is -1.65. The predicted octanol–water partition coefficient (Wildman–Crippen LogP) is 2.41. The van der Waals surface area contributed by atoms with Gasteiger partial charge in [0.25, 0.3) is 5.91 Å². The van der Waals surface area contributed by atoms with Crippen molar-refractivity contribution < 1.29 is 27.8 Å². The summed E-state index contributed by atoms with van der Waals surface area (Å²) in [5.74, 6) is -2.64. The van der Waals surface area contributed by atoms with Crippen molar-refractivity contribution in [3.8, 4) is 6.07 Å². The second kappa shape index (κ2) is 7.66. The molecule has 2 rings (SSSR count). The Morgan fingerprint density at radius 1 is 1.35 bits per heavy atom. The highest BCUT2D eigenvalue weighted by atomic mass is 19.1. The highest BCUT2D eigenvalue weighted by molar-refractivity contribution is 5.94. The number of nitriles is 1. The molecule has 0 aliphatic carbocycles. The molecule has 0 radical (unpaired) electrons. The third-order valence-electron chi connectivity index (χ3n) is 3.45. The van der Waals surface area contributed by atoms with Gasteiger partial charge in [-0.15, -0.1) is 0 Å². The van der Waals surface area contributed by atoms with E-state index in [1.54, 1.807) is 20.8 Å². The van der Waals surface area contributed by atoms with Gasteiger partial charge >= 0.3 is 6.09 Å². The molecule has 1 aromatic carbocycles. The number of hydrogen-bond acceptors (Lipinski definition) is 5. The number of halogens is 2. The van der Waals surface area contributed by atoms with E-state index in [1.807, 2.05) is 0 Å². The maximum Gasteiger partial charge on any atom is 0.410 e. The van der Waals surface area contributed by atoms with Crippen molar-refractivity contribution in [2.45, 2.75) is 32.5 Å². The van der Waals surface area contributed by atoms with Gasteiger partial charge in [-0.3, -0.25) is 4.79 Å². The number of carbonyl (C=O) groups is 2. The lowest BCUT2D eigenvalue weighted by atomic mass is 10.2. The Hall–Kier alpha value is -2.73. The molecule has 1 aromatic rings. The van der Waals surface area contributed by atoms with E-state index in [2.05, 4.69) is 5.32 Å². The zero-order chi connectivity index (χ0) is 19.5. The van der Waals surface area contributed by atoms with E-state index in [4.69, 9.17) is 14.7 Å². The molecule has 0 saturated carbocycles. The molecular formula is C17H19F2N3O4. The number of nitrogens with one attached hydrogen (secondary N) is 1. The minimum absolute atomic E-state index is 0.0822. The second-order valence-electron chi connectivity index (χ2n) is 6.70. The minimum atomic E-state index is -1.06. The molecule has 0 aromatic heterocycles. The Balaban J connectivity index is 2.05. The van der Waals surface area contributed by atoms with Gasteiger partial charge in [-0.1, -0.05) is 0 Å². The number of ether oxygens (including phenoxy) is 2. The maximum atomic E-state index is 13.9. The SMILES string of the molecule is CC(C)(C)OC(=O)N1CCO[C@@H](C(=O)Nc2cc(F)c(C#N)cc2F)C1. The van der Waals surface area contributed by atoms with Crippen LogP contribution in [0.2, 0.25) is 0 Å². The molecule has 1 heterocycles. The van der Waals surface area contributed by atoms with Crippen LogP contribution in [0.15, 0.2) is 12.1 Å². The Kier molecular flexibility index (Phi) is 5.77. The standard InChI is InChI=1S/C17H19F2N3O4/c1-17(2,3)26-16(24)22-4-5-25-14(9-22)15(23)21-13-7-11(18)10(8-20)6-12(13)19/h6-7,14H,4-5,9H2,1-3H3,(H,21,23)/t14-/m1/s1. The van der Waals surface area contributed by atoms with Crippen molar-refractivity contribution in [1.82, 2.24) is 4.90 Å². The summed E-state index contributed by atoms with van der Waals surface area (Å²) >= 11 is 0. The molecule has 7 nitrogen and oxygen atoms in total. The van der Waals surface area contributed by atoms with Crippen LogP contribution in [-0.2, 0) is 14.3 Å². The van der Waals surface area contributed by atoms with E-state index < -0.39 is 46.6 Å². The van der Waals surface area contributed by atoms with Crippen molar-refractivity contribution in [3.05, 3.63) is 29.3 Å². The average Bonchev–Trinajstić information content (AvgIpc) is 2.56. The fourth-order valence-corrected chi connectivity index (χ4v) is 2.24. The monoisotopic (exact) mass is 367 g/mol. The lowest BCUT2D eigenvalue weighted by Crippen LogP contribution is -2.51. The van der Waals surface area contributed by atoms with Crippen molar-refractivity contribution in [2.24, 2.45) is 0 Å². The largest absolute Gasteiger partial charge is 0.444 e. The summed E-state index contributed by atoms with van der Waals surface area (Å²) in [6, 6.07) is 2.92. The van der Waals surface area contributed by atoms with Crippen molar-refractivity contribution in [3.63, 3.8) is 0 Å². The quantitative estimate of drug-likeness (QED) is 0.867. The Bertz CT molecular complexity index is 756. The Labute approximate surface area is 149 Å². The smallest absolute Gasteiger partial charge is 0.410 e. The van der Waals surface area contributed by atoms with Crippen LogP contribution in [0.5, 0.6) is 0 Å². The zero-order valence-corrected chi connectivity index (χ0v) is 14.6. The number of amides is 2. The van der Waals surface area contributed by atoms with Gasteiger partial charge in [-0.25, -0.2) is 13.6 Å². The summed E-state index contributed by atoms with van der Waals surface area (Å²) in [5.41, 5.74) is -1.56. The molecule has 2 amide bonds. The van der Waals surface area contributed by atoms with Gasteiger partial charge in [0.1, 0.15) is 23.3 Å². The highest BCUT2D eigenvalue weighted by Crippen LogP contribution is 2.20. The van der Waals surface area contributed by atoms with Crippen LogP contribution in [0, 0.1) is 23.0 Å². The molecule has 1 aliphatic rings. The zero-order valence-electron chi connectivity index (χ0n) is 14.6. The number of carbonyl (C=O) groups excluding carboxylic acids is 2. The number of rotatable bonds is 2. The summed E-state index contributed by atoms with van der Waals surface area (Å²) in [7, 11) is 0. The molecule has 9 heteroatoms. The van der Waals surface area contributed by atoms with Crippen molar-refractivity contribution in [2.75, 3.05) is 25.0 Å². The number of benzene rings is 1. The molecule has 1 atom stereocenters. The predicted molar refractivity (Wildman–Crippen MR) is 87.2 cm³/mol. The molecule has 140 valence electrons. The summed E-state index contributed by atoms with van der Waals surface area (Å²) < 4.78 is 38.0. The lowest BCUT2D eigenvalue weighted by molar-refractivity contribution is -0.132. The number of morpholine rings is 1. The van der Waals surface area contributed by atoms with Crippen LogP contribution >= 0.6 is 0 Å². The third kappa shape index (κ3) is 4.89. The first-order valence-corrected chi connectivity index (χ1v) is 7.90. The molecule has 0 unspecified atom stereocenters. The normalized spacial score (nSPS) is 17.4. The fraction of sp³-hybridized carbons (Fsp3) is 0.471. The number of nitrogens with zero attached hydrogens (tertiary/aromatic N) is 2. The topological polar surface area (TPSA) is 91.7 Å². The summed E-state index contributed by atoms with van der Waals surface area (Å²) in [4.78, 5) is 25.7. The van der Waals surface area contributed by atoms with Crippen molar-refractivity contribution in [1.29, 1.82) is 5.26 Å². The minimum Gasteiger partial charge on any atom is -0.444 e. The summed E-state index contributed by atoms with van der Waals surface area (Å²) in [6.45, 7) is 5.43. The van der Waals surface area contributed by atoms with E-state index in [9.17, 15) is 18.4 Å². The first-order valence-electron chi connectivity index (χ1n) is 7.90. The van der Waals surface area contributed by atoms with E-state index in [0.29, 0.717) is 6.07 Å². The van der Waals surface area contributed by atoms with Gasteiger partial charge in [0.2, 0.25) is 0 Å². The Morgan fingerprint density at radius 3 is 2.65 bits per heavy atom. The average molecular weight is 367 g/mol. The molecule has 1 N–H and O–H groups in total. The van der Waals surface area contributed by atoms with E-state index in [1.165, 1.54) is 11.0 Å². The first-order chi connectivity index (χ1) is 12.1. The summed E-state index contributed by atoms with van der Waals surface area (Å²) in [5, 5.41) is 10.9. The van der Waals surface area contributed by atoms with Gasteiger partial charge in [-0.05, 0) is 26.8 Å². The lowest BCUT2D eigenvalue weighted by Gasteiger charge is -2.33. The molecule has 1 aliphatic heterocycles. The highest BCUT2D eigenvalue weighted by Gasteiger charge is 2.32. The molecule has 1 saturated heterocycles. The first kappa shape index (κ1) is 19.6. The molecule has 0 bridgehead atoms. The van der Waals surface area contributed by atoms with Gasteiger partial charge in [0, 0.05) is 12.6 Å². The van der Waals surface area contributed by atoms with Crippen LogP contribution in [0.4, 0.5) is 19.3 Å². The van der Waals surface area contributed by atoms with E-state index in [0.717, 1.165) is 6.07 Å². The molecule has 26 heavy (non-hydrogen) atoms. The van der Waals surface area contributed by atoms with E-state index >= 15 is 0 Å². The Morgan fingerprint density at radius 2 is 2.04 bits per heavy atom. The maximum absolute atomic E-state index is 13.9. The molecular weight excluding hydrogens is 348 g/mol. The van der Waals surface area contributed by atoms with Crippen molar-refractivity contribution >= 4 is 17.7 Å². The van der Waals surface area contributed by atoms with Crippen LogP contribution in [-0.4, -0.2) is 48.3 Å². The number of anilines is 1. The van der Waals surface area contributed by atoms with Crippen LogP contribution in [0.25, 0.3) is 0 Å². The van der Waals surface area contributed by atoms with Gasteiger partial charge < -0.3 is 19.7 Å². The molecule has 0 spiro atoms. The van der Waals surface area contributed by atoms with Gasteiger partial charge in [0.05, 0.1) is 24.4 Å². The molecule has 1 fully saturated rings. The van der Waals surface area contributed by atoms with Crippen LogP contribution < -0.4 is 5.32 Å². The van der Waals surface area contributed by atoms with Crippen LogP contribution in [0.3, 0.4) is 0 Å². The van der Waals surface area contributed by atoms with Crippen LogP contribution in [0.1, 0.15) is 26.3 Å². The number of hydrogen-bond donors (Lipinski definition) is 1. The fourth-order valence-electron chi connectivity index (χ4n) is 2.24. The third-order valence-corrected chi connectivity index (χ3v) is 3.45. The second-order valence-corrected chi connectivity index (χ2v) is 6.70. The van der Waals surface area contributed by atoms with Gasteiger partial charge in [-0.2, -0.15) is 5.26 Å². The van der Waals surface area contributed by atoms with Gasteiger partial charge in [0.15, 0.2) is 6.10 Å².